The molecule has 0 saturated heterocycles. The molecule has 3 aromatic heterocycles. The highest BCUT2D eigenvalue weighted by atomic mass is 32.1. The lowest BCUT2D eigenvalue weighted by Crippen LogP contribution is -2.01. The molecule has 3 aromatic carbocycles. The minimum atomic E-state index is 1.06. The minimum absolute atomic E-state index is 1.06. The molecule has 6 aromatic rings. The van der Waals surface area contributed by atoms with Crippen LogP contribution in [0.1, 0.15) is 10.4 Å². The molecular weight excluding hydrogens is 420 g/mol. The fraction of sp³-hybridized carbons (Fsp3) is 0.0667. The Labute approximate surface area is 196 Å². The summed E-state index contributed by atoms with van der Waals surface area (Å²) in [6, 6.07) is 28.2. The van der Waals surface area contributed by atoms with Gasteiger partial charge in [-0.15, -0.1) is 11.3 Å². The number of aromatic nitrogens is 2. The molecule has 0 saturated carbocycles. The molecule has 156 valence electrons. The van der Waals surface area contributed by atoms with Gasteiger partial charge in [-0.1, -0.05) is 54.6 Å². The van der Waals surface area contributed by atoms with Gasteiger partial charge in [-0.3, -0.25) is 9.97 Å². The molecular formula is C30H20N2S. The first-order valence-electron chi connectivity index (χ1n) is 11.3. The Morgan fingerprint density at radius 1 is 0.727 bits per heavy atom. The second-order valence-corrected chi connectivity index (χ2v) is 9.71. The van der Waals surface area contributed by atoms with Crippen LogP contribution in [0.5, 0.6) is 0 Å². The van der Waals surface area contributed by atoms with Crippen molar-refractivity contribution in [1.82, 2.24) is 9.97 Å². The molecule has 0 radical (unpaired) electrons. The van der Waals surface area contributed by atoms with E-state index in [-0.39, 0.29) is 0 Å². The second kappa shape index (κ2) is 7.36. The third kappa shape index (κ3) is 2.93. The fourth-order valence-corrected chi connectivity index (χ4v) is 6.41. The number of rotatable bonds is 2. The molecule has 0 fully saturated rings. The SMILES string of the molecule is c1ccc(-c2cc(-c3nccc4sc5c(c34)-c3cnccc3CC5)cc3ccccc23)cc1. The average Bonchev–Trinajstić information content (AvgIpc) is 3.28. The number of aryl methyl sites for hydroxylation is 2. The molecule has 3 heterocycles. The smallest absolute Gasteiger partial charge is 0.0795 e. The molecule has 0 aliphatic heterocycles. The van der Waals surface area contributed by atoms with E-state index in [1.807, 2.05) is 29.9 Å². The summed E-state index contributed by atoms with van der Waals surface area (Å²) in [6.45, 7) is 0. The van der Waals surface area contributed by atoms with Crippen LogP contribution >= 0.6 is 11.3 Å². The lowest BCUT2D eigenvalue weighted by molar-refractivity contribution is 0.958. The third-order valence-electron chi connectivity index (χ3n) is 6.70. The largest absolute Gasteiger partial charge is 0.264 e. The van der Waals surface area contributed by atoms with Crippen molar-refractivity contribution >= 4 is 32.2 Å². The standard InChI is InChI=1S/C30H20N2S/c1-2-6-19(7-3-1)24-17-22(16-21-8-4-5-9-23(21)24)30-29-27(13-15-32-30)33-26-11-10-20-12-14-31-18-25(20)28(26)29/h1-9,12-18H,10-11H2. The molecule has 0 amide bonds. The van der Waals surface area contributed by atoms with E-state index in [2.05, 4.69) is 83.8 Å². The summed E-state index contributed by atoms with van der Waals surface area (Å²) >= 11 is 1.91. The Kier molecular flexibility index (Phi) is 4.18. The van der Waals surface area contributed by atoms with E-state index in [1.54, 1.807) is 0 Å². The third-order valence-corrected chi connectivity index (χ3v) is 7.91. The molecule has 1 aliphatic carbocycles. The highest BCUT2D eigenvalue weighted by Gasteiger charge is 2.24. The van der Waals surface area contributed by atoms with Crippen LogP contribution in [0.25, 0.3) is 54.4 Å². The Morgan fingerprint density at radius 2 is 1.61 bits per heavy atom. The number of nitrogens with zero attached hydrogens (tertiary/aromatic N) is 2. The number of hydrogen-bond acceptors (Lipinski definition) is 3. The van der Waals surface area contributed by atoms with Crippen molar-refractivity contribution in [2.45, 2.75) is 12.8 Å². The van der Waals surface area contributed by atoms with E-state index in [0.29, 0.717) is 0 Å². The Bertz CT molecular complexity index is 1660. The van der Waals surface area contributed by atoms with Gasteiger partial charge in [0.2, 0.25) is 0 Å². The number of thiophene rings is 1. The fourth-order valence-electron chi connectivity index (χ4n) is 5.19. The van der Waals surface area contributed by atoms with Crippen molar-refractivity contribution < 1.29 is 0 Å². The molecule has 7 rings (SSSR count). The topological polar surface area (TPSA) is 25.8 Å². The summed E-state index contributed by atoms with van der Waals surface area (Å²) in [7, 11) is 0. The number of pyridine rings is 2. The van der Waals surface area contributed by atoms with Crippen molar-refractivity contribution in [2.24, 2.45) is 0 Å². The van der Waals surface area contributed by atoms with Crippen LogP contribution < -0.4 is 0 Å². The zero-order valence-electron chi connectivity index (χ0n) is 18.0. The molecule has 0 atom stereocenters. The summed E-state index contributed by atoms with van der Waals surface area (Å²) in [6.07, 6.45) is 8.06. The Balaban J connectivity index is 1.55. The number of hydrogen-bond donors (Lipinski definition) is 0. The average molecular weight is 441 g/mol. The summed E-state index contributed by atoms with van der Waals surface area (Å²) in [5.41, 5.74) is 8.68. The van der Waals surface area contributed by atoms with Gasteiger partial charge in [-0.05, 0) is 64.6 Å². The Morgan fingerprint density at radius 3 is 2.55 bits per heavy atom. The van der Waals surface area contributed by atoms with Crippen LogP contribution in [-0.2, 0) is 12.8 Å². The van der Waals surface area contributed by atoms with E-state index >= 15 is 0 Å². The van der Waals surface area contributed by atoms with E-state index in [9.17, 15) is 0 Å². The van der Waals surface area contributed by atoms with E-state index in [4.69, 9.17) is 4.98 Å². The predicted molar refractivity (Wildman–Crippen MR) is 139 cm³/mol. The van der Waals surface area contributed by atoms with Crippen molar-refractivity contribution in [3.05, 3.63) is 108 Å². The quantitative estimate of drug-likeness (QED) is 0.273. The van der Waals surface area contributed by atoms with E-state index < -0.39 is 0 Å². The number of fused-ring (bicyclic) bond motifs is 6. The second-order valence-electron chi connectivity index (χ2n) is 8.58. The maximum atomic E-state index is 4.96. The van der Waals surface area contributed by atoms with Crippen LogP contribution in [0.2, 0.25) is 0 Å². The molecule has 0 spiro atoms. The van der Waals surface area contributed by atoms with Gasteiger partial charge >= 0.3 is 0 Å². The maximum Gasteiger partial charge on any atom is 0.0795 e. The zero-order chi connectivity index (χ0) is 21.8. The summed E-state index contributed by atoms with van der Waals surface area (Å²) in [5.74, 6) is 0. The predicted octanol–water partition coefficient (Wildman–Crippen LogP) is 7.94. The summed E-state index contributed by atoms with van der Waals surface area (Å²) in [4.78, 5) is 10.9. The first-order chi connectivity index (χ1) is 16.4. The van der Waals surface area contributed by atoms with Crippen molar-refractivity contribution in [3.8, 4) is 33.5 Å². The van der Waals surface area contributed by atoms with Gasteiger partial charge in [0.15, 0.2) is 0 Å². The maximum absolute atomic E-state index is 4.96. The van der Waals surface area contributed by atoms with Crippen molar-refractivity contribution in [1.29, 1.82) is 0 Å². The van der Waals surface area contributed by atoms with Crippen LogP contribution in [0.3, 0.4) is 0 Å². The first kappa shape index (κ1) is 18.7. The minimum Gasteiger partial charge on any atom is -0.264 e. The lowest BCUT2D eigenvalue weighted by atomic mass is 9.88. The van der Waals surface area contributed by atoms with Crippen LogP contribution in [0.4, 0.5) is 0 Å². The zero-order valence-corrected chi connectivity index (χ0v) is 18.8. The van der Waals surface area contributed by atoms with Gasteiger partial charge < -0.3 is 0 Å². The molecule has 0 bridgehead atoms. The van der Waals surface area contributed by atoms with Crippen LogP contribution in [0.15, 0.2) is 97.5 Å². The van der Waals surface area contributed by atoms with Gasteiger partial charge in [0.25, 0.3) is 0 Å². The molecule has 2 nitrogen and oxygen atoms in total. The van der Waals surface area contributed by atoms with E-state index in [1.165, 1.54) is 53.6 Å². The number of benzene rings is 3. The normalized spacial score (nSPS) is 12.6. The molecule has 33 heavy (non-hydrogen) atoms. The summed E-state index contributed by atoms with van der Waals surface area (Å²) in [5, 5.41) is 3.76. The first-order valence-corrected chi connectivity index (χ1v) is 12.1. The van der Waals surface area contributed by atoms with Crippen molar-refractivity contribution in [3.63, 3.8) is 0 Å². The van der Waals surface area contributed by atoms with Crippen LogP contribution in [0, 0.1) is 0 Å². The van der Waals surface area contributed by atoms with Gasteiger partial charge in [0.1, 0.15) is 0 Å². The molecule has 3 heteroatoms. The molecule has 0 N–H and O–H groups in total. The van der Waals surface area contributed by atoms with Gasteiger partial charge in [-0.25, -0.2) is 0 Å². The molecule has 0 unspecified atom stereocenters. The molecule has 1 aliphatic rings. The monoisotopic (exact) mass is 440 g/mol. The van der Waals surface area contributed by atoms with Crippen LogP contribution in [-0.4, -0.2) is 9.97 Å². The van der Waals surface area contributed by atoms with Gasteiger partial charge in [-0.2, -0.15) is 0 Å². The van der Waals surface area contributed by atoms with E-state index in [0.717, 1.165) is 24.1 Å². The van der Waals surface area contributed by atoms with Gasteiger partial charge in [0, 0.05) is 50.2 Å². The Hall–Kier alpha value is -3.82. The summed E-state index contributed by atoms with van der Waals surface area (Å²) < 4.78 is 1.30. The lowest BCUT2D eigenvalue weighted by Gasteiger charge is -2.17. The van der Waals surface area contributed by atoms with Gasteiger partial charge in [0.05, 0.1) is 5.69 Å². The van der Waals surface area contributed by atoms with Crippen molar-refractivity contribution in [2.75, 3.05) is 0 Å². The highest BCUT2D eigenvalue weighted by molar-refractivity contribution is 7.19. The highest BCUT2D eigenvalue weighted by Crippen LogP contribution is 2.47.